The molecule has 0 aliphatic carbocycles. The maximum absolute atomic E-state index is 13.2. The van der Waals surface area contributed by atoms with Gasteiger partial charge in [0, 0.05) is 13.0 Å². The number of esters is 1. The van der Waals surface area contributed by atoms with Crippen LogP contribution in [0.15, 0.2) is 59.5 Å². The summed E-state index contributed by atoms with van der Waals surface area (Å²) in [6.45, 7) is 10.7. The van der Waals surface area contributed by atoms with Crippen LogP contribution in [0.4, 0.5) is 0 Å². The van der Waals surface area contributed by atoms with Crippen LogP contribution in [0, 0.1) is 6.92 Å². The summed E-state index contributed by atoms with van der Waals surface area (Å²) in [4.78, 5) is 27.7. The number of benzene rings is 1. The third kappa shape index (κ3) is 9.22. The first-order chi connectivity index (χ1) is 15.0. The highest BCUT2D eigenvalue weighted by Crippen LogP contribution is 2.11. The quantitative estimate of drug-likeness (QED) is 0.372. The van der Waals surface area contributed by atoms with Gasteiger partial charge in [-0.15, -0.1) is 0 Å². The normalized spacial score (nSPS) is 11.7. The minimum absolute atomic E-state index is 0.0676. The number of hydrogen-bond donors (Lipinski definition) is 1. The number of hydrogen-bond acceptors (Lipinski definition) is 4. The Labute approximate surface area is 185 Å². The maximum Gasteiger partial charge on any atom is 0.305 e. The van der Waals surface area contributed by atoms with Crippen molar-refractivity contribution in [3.05, 3.63) is 72.2 Å². The predicted octanol–water partition coefficient (Wildman–Crippen LogP) is 2.57. The highest BCUT2D eigenvalue weighted by atomic mass is 16.5. The average molecular weight is 428 g/mol. The van der Waals surface area contributed by atoms with E-state index in [0.717, 1.165) is 22.8 Å². The number of quaternary nitrogens is 1. The molecule has 31 heavy (non-hydrogen) atoms. The summed E-state index contributed by atoms with van der Waals surface area (Å²) in [5.41, 5.74) is 1.20. The summed E-state index contributed by atoms with van der Waals surface area (Å²) >= 11 is 0. The van der Waals surface area contributed by atoms with Crippen molar-refractivity contribution < 1.29 is 23.6 Å². The zero-order valence-electron chi connectivity index (χ0n) is 18.8. The Morgan fingerprint density at radius 1 is 1.19 bits per heavy atom. The van der Waals surface area contributed by atoms with Gasteiger partial charge in [-0.3, -0.25) is 9.59 Å². The van der Waals surface area contributed by atoms with Gasteiger partial charge in [-0.1, -0.05) is 36.9 Å². The fourth-order valence-corrected chi connectivity index (χ4v) is 3.47. The van der Waals surface area contributed by atoms with Gasteiger partial charge in [0.1, 0.15) is 11.5 Å². The number of carbonyl (C=O) groups excluding carboxylic acids is 2. The molecule has 0 aliphatic heterocycles. The van der Waals surface area contributed by atoms with Crippen LogP contribution in [0.5, 0.6) is 0 Å². The molecule has 168 valence electrons. The monoisotopic (exact) mass is 427 g/mol. The molecule has 1 atom stereocenters. The van der Waals surface area contributed by atoms with Gasteiger partial charge in [0.2, 0.25) is 0 Å². The average Bonchev–Trinajstić information content (AvgIpc) is 3.16. The van der Waals surface area contributed by atoms with Crippen molar-refractivity contribution in [1.82, 2.24) is 4.90 Å². The summed E-state index contributed by atoms with van der Waals surface area (Å²) in [5, 5.41) is 0. The van der Waals surface area contributed by atoms with Gasteiger partial charge in [0.15, 0.2) is 6.54 Å². The maximum atomic E-state index is 13.2. The zero-order chi connectivity index (χ0) is 22.5. The number of nitrogens with zero attached hydrogens (tertiary/aromatic N) is 1. The lowest BCUT2D eigenvalue weighted by atomic mass is 10.1. The lowest BCUT2D eigenvalue weighted by Crippen LogP contribution is -3.13. The number of ether oxygens (including phenoxy) is 1. The van der Waals surface area contributed by atoms with E-state index >= 15 is 0 Å². The van der Waals surface area contributed by atoms with Crippen LogP contribution >= 0.6 is 0 Å². The Morgan fingerprint density at radius 2 is 1.97 bits per heavy atom. The molecule has 1 amide bonds. The Morgan fingerprint density at radius 3 is 2.61 bits per heavy atom. The SMILES string of the molecule is C=CC[NH+](CCCC(=O)OCC)CC(=O)N(CCc1ccccc1)Cc1ccc(C)o1. The fraction of sp³-hybridized carbons (Fsp3) is 0.440. The number of rotatable bonds is 14. The van der Waals surface area contributed by atoms with E-state index in [1.54, 1.807) is 6.92 Å². The molecule has 0 spiro atoms. The molecular weight excluding hydrogens is 392 g/mol. The molecule has 1 unspecified atom stereocenters. The third-order valence-corrected chi connectivity index (χ3v) is 5.06. The van der Waals surface area contributed by atoms with Gasteiger partial charge in [-0.25, -0.2) is 0 Å². The lowest BCUT2D eigenvalue weighted by Gasteiger charge is -2.25. The molecule has 0 fully saturated rings. The van der Waals surface area contributed by atoms with Crippen molar-refractivity contribution in [2.75, 3.05) is 32.8 Å². The van der Waals surface area contributed by atoms with Gasteiger partial charge < -0.3 is 19.0 Å². The second-order valence-electron chi connectivity index (χ2n) is 7.64. The van der Waals surface area contributed by atoms with Crippen LogP contribution in [-0.2, 0) is 27.3 Å². The van der Waals surface area contributed by atoms with Crippen molar-refractivity contribution in [3.63, 3.8) is 0 Å². The van der Waals surface area contributed by atoms with Gasteiger partial charge >= 0.3 is 5.97 Å². The summed E-state index contributed by atoms with van der Waals surface area (Å²) in [6, 6.07) is 14.0. The lowest BCUT2D eigenvalue weighted by molar-refractivity contribution is -0.886. The molecule has 6 heteroatoms. The van der Waals surface area contributed by atoms with Crippen molar-refractivity contribution in [1.29, 1.82) is 0 Å². The number of furan rings is 1. The van der Waals surface area contributed by atoms with E-state index in [4.69, 9.17) is 9.15 Å². The van der Waals surface area contributed by atoms with E-state index < -0.39 is 0 Å². The fourth-order valence-electron chi connectivity index (χ4n) is 3.47. The Hall–Kier alpha value is -2.86. The van der Waals surface area contributed by atoms with Crippen molar-refractivity contribution in [2.45, 2.75) is 39.7 Å². The molecule has 1 aromatic carbocycles. The number of aryl methyl sites for hydroxylation is 1. The molecule has 0 bridgehead atoms. The molecule has 6 nitrogen and oxygen atoms in total. The molecule has 2 aromatic rings. The molecule has 1 aromatic heterocycles. The Balaban J connectivity index is 1.98. The van der Waals surface area contributed by atoms with Crippen molar-refractivity contribution >= 4 is 11.9 Å². The molecule has 1 N–H and O–H groups in total. The van der Waals surface area contributed by atoms with Crippen LogP contribution < -0.4 is 4.90 Å². The molecule has 0 saturated heterocycles. The van der Waals surface area contributed by atoms with E-state index in [9.17, 15) is 9.59 Å². The van der Waals surface area contributed by atoms with E-state index in [1.165, 1.54) is 5.56 Å². The Kier molecular flexibility index (Phi) is 10.6. The second-order valence-corrected chi connectivity index (χ2v) is 7.64. The van der Waals surface area contributed by atoms with Crippen molar-refractivity contribution in [2.24, 2.45) is 0 Å². The Bertz CT molecular complexity index is 816. The number of nitrogens with one attached hydrogen (secondary N) is 1. The van der Waals surface area contributed by atoms with Gasteiger partial charge in [0.25, 0.3) is 5.91 Å². The van der Waals surface area contributed by atoms with Crippen LogP contribution in [0.25, 0.3) is 0 Å². The van der Waals surface area contributed by atoms with E-state index in [0.29, 0.717) is 52.2 Å². The van der Waals surface area contributed by atoms with Crippen LogP contribution in [0.1, 0.15) is 36.8 Å². The summed E-state index contributed by atoms with van der Waals surface area (Å²) < 4.78 is 10.7. The highest BCUT2D eigenvalue weighted by Gasteiger charge is 2.21. The van der Waals surface area contributed by atoms with Crippen LogP contribution in [0.2, 0.25) is 0 Å². The first-order valence-electron chi connectivity index (χ1n) is 11.0. The molecular formula is C25H35N2O4+. The minimum Gasteiger partial charge on any atom is -0.466 e. The van der Waals surface area contributed by atoms with E-state index in [1.807, 2.05) is 48.2 Å². The number of amides is 1. The van der Waals surface area contributed by atoms with Gasteiger partial charge in [-0.05, 0) is 44.0 Å². The first-order valence-corrected chi connectivity index (χ1v) is 11.0. The summed E-state index contributed by atoms with van der Waals surface area (Å²) in [5.74, 6) is 1.50. The molecule has 0 radical (unpaired) electrons. The van der Waals surface area contributed by atoms with Gasteiger partial charge in [-0.2, -0.15) is 0 Å². The highest BCUT2D eigenvalue weighted by molar-refractivity contribution is 5.77. The van der Waals surface area contributed by atoms with Crippen LogP contribution in [-0.4, -0.2) is 49.6 Å². The van der Waals surface area contributed by atoms with E-state index in [2.05, 4.69) is 18.7 Å². The molecule has 0 saturated carbocycles. The van der Waals surface area contributed by atoms with Gasteiger partial charge in [0.05, 0.1) is 32.7 Å². The minimum atomic E-state index is -0.190. The number of carbonyl (C=O) groups is 2. The third-order valence-electron chi connectivity index (χ3n) is 5.06. The zero-order valence-corrected chi connectivity index (χ0v) is 18.8. The molecule has 1 heterocycles. The van der Waals surface area contributed by atoms with Crippen molar-refractivity contribution in [3.8, 4) is 0 Å². The topological polar surface area (TPSA) is 64.2 Å². The van der Waals surface area contributed by atoms with Crippen LogP contribution in [0.3, 0.4) is 0 Å². The summed E-state index contributed by atoms with van der Waals surface area (Å²) in [7, 11) is 0. The standard InChI is InChI=1S/C25H34N2O4/c1-4-16-26(17-9-12-25(29)30-5-2)20-24(28)27(19-23-14-13-21(3)31-23)18-15-22-10-7-6-8-11-22/h4,6-8,10-11,13-14H,1,5,9,12,15-20H2,2-3H3/p+1. The molecule has 2 rings (SSSR count). The molecule has 0 aliphatic rings. The summed E-state index contributed by atoms with van der Waals surface area (Å²) in [6.07, 6.45) is 3.64. The second kappa shape index (κ2) is 13.4. The largest absolute Gasteiger partial charge is 0.466 e. The predicted molar refractivity (Wildman–Crippen MR) is 121 cm³/mol. The first kappa shape index (κ1) is 24.4. The smallest absolute Gasteiger partial charge is 0.305 e. The van der Waals surface area contributed by atoms with E-state index in [-0.39, 0.29) is 11.9 Å².